The summed E-state index contributed by atoms with van der Waals surface area (Å²) in [6.07, 6.45) is 2.86. The molecule has 86 valence electrons. The molecule has 0 aromatic carbocycles. The number of carbonyl (C=O) groups excluding carboxylic acids is 2. The van der Waals surface area contributed by atoms with Crippen LogP contribution in [-0.2, 0) is 14.4 Å². The molecular weight excluding hydrogens is 210 g/mol. The average molecular weight is 223 g/mol. The summed E-state index contributed by atoms with van der Waals surface area (Å²) in [5, 5.41) is 0.982. The predicted octanol–water partition coefficient (Wildman–Crippen LogP) is 1.27. The molecule has 16 heavy (non-hydrogen) atoms. The van der Waals surface area contributed by atoms with Gasteiger partial charge in [-0.05, 0) is 25.1 Å². The SMILES string of the molecule is CON(C)C(=O)/C(=C\c1ccco1)C(C)=O. The van der Waals surface area contributed by atoms with Crippen molar-refractivity contribution in [2.45, 2.75) is 6.92 Å². The second kappa shape index (κ2) is 5.27. The van der Waals surface area contributed by atoms with E-state index < -0.39 is 5.91 Å². The van der Waals surface area contributed by atoms with E-state index in [2.05, 4.69) is 0 Å². The van der Waals surface area contributed by atoms with E-state index in [0.29, 0.717) is 5.76 Å². The number of hydrogen-bond donors (Lipinski definition) is 0. The molecule has 1 aromatic heterocycles. The zero-order valence-electron chi connectivity index (χ0n) is 9.39. The van der Waals surface area contributed by atoms with Crippen LogP contribution in [0.25, 0.3) is 6.08 Å². The third kappa shape index (κ3) is 2.80. The number of hydroxylamine groups is 2. The smallest absolute Gasteiger partial charge is 0.280 e. The first-order valence-electron chi connectivity index (χ1n) is 4.64. The quantitative estimate of drug-likeness (QED) is 0.334. The molecule has 0 fully saturated rings. The maximum absolute atomic E-state index is 11.7. The number of rotatable bonds is 4. The Balaban J connectivity index is 3.01. The van der Waals surface area contributed by atoms with Crippen LogP contribution in [0.4, 0.5) is 0 Å². The van der Waals surface area contributed by atoms with Crippen molar-refractivity contribution in [1.82, 2.24) is 5.06 Å². The van der Waals surface area contributed by atoms with Gasteiger partial charge in [-0.15, -0.1) is 0 Å². The van der Waals surface area contributed by atoms with Crippen LogP contribution in [0, 0.1) is 0 Å². The minimum atomic E-state index is -0.508. The van der Waals surface area contributed by atoms with Crippen molar-refractivity contribution >= 4 is 17.8 Å². The molecule has 1 aromatic rings. The Bertz CT molecular complexity index is 406. The second-order valence-corrected chi connectivity index (χ2v) is 3.11. The van der Waals surface area contributed by atoms with Gasteiger partial charge in [0.1, 0.15) is 5.76 Å². The van der Waals surface area contributed by atoms with E-state index >= 15 is 0 Å². The number of nitrogens with zero attached hydrogens (tertiary/aromatic N) is 1. The minimum Gasteiger partial charge on any atom is -0.465 e. The lowest BCUT2D eigenvalue weighted by Gasteiger charge is -2.14. The van der Waals surface area contributed by atoms with Gasteiger partial charge in [-0.3, -0.25) is 14.4 Å². The number of furan rings is 1. The normalized spacial score (nSPS) is 11.3. The third-order valence-corrected chi connectivity index (χ3v) is 2.00. The Morgan fingerprint density at radius 3 is 2.62 bits per heavy atom. The Morgan fingerprint density at radius 1 is 1.50 bits per heavy atom. The molecule has 0 N–H and O–H groups in total. The van der Waals surface area contributed by atoms with Crippen molar-refractivity contribution in [3.05, 3.63) is 29.7 Å². The van der Waals surface area contributed by atoms with E-state index in [1.807, 2.05) is 0 Å². The molecule has 0 unspecified atom stereocenters. The van der Waals surface area contributed by atoms with Crippen LogP contribution in [0.15, 0.2) is 28.4 Å². The highest BCUT2D eigenvalue weighted by molar-refractivity contribution is 6.21. The van der Waals surface area contributed by atoms with Crippen LogP contribution in [0.1, 0.15) is 12.7 Å². The highest BCUT2D eigenvalue weighted by Gasteiger charge is 2.19. The molecule has 0 radical (unpaired) electrons. The Labute approximate surface area is 93.2 Å². The van der Waals surface area contributed by atoms with E-state index in [4.69, 9.17) is 9.25 Å². The third-order valence-electron chi connectivity index (χ3n) is 2.00. The fourth-order valence-corrected chi connectivity index (χ4v) is 1.08. The molecule has 0 saturated heterocycles. The molecule has 1 amide bonds. The van der Waals surface area contributed by atoms with Crippen molar-refractivity contribution in [2.75, 3.05) is 14.2 Å². The van der Waals surface area contributed by atoms with Crippen molar-refractivity contribution in [3.8, 4) is 0 Å². The molecule has 0 saturated carbocycles. The summed E-state index contributed by atoms with van der Waals surface area (Å²) in [7, 11) is 2.78. The largest absolute Gasteiger partial charge is 0.465 e. The van der Waals surface area contributed by atoms with Gasteiger partial charge < -0.3 is 4.42 Å². The van der Waals surface area contributed by atoms with Crippen molar-refractivity contribution < 1.29 is 18.8 Å². The Morgan fingerprint density at radius 2 is 2.19 bits per heavy atom. The molecule has 0 aliphatic rings. The van der Waals surface area contributed by atoms with Gasteiger partial charge in [0.25, 0.3) is 5.91 Å². The van der Waals surface area contributed by atoms with Gasteiger partial charge in [0.2, 0.25) is 0 Å². The summed E-state index contributed by atoms with van der Waals surface area (Å²) in [5.41, 5.74) is 0.0132. The monoisotopic (exact) mass is 223 g/mol. The van der Waals surface area contributed by atoms with Crippen LogP contribution < -0.4 is 0 Å². The molecule has 5 nitrogen and oxygen atoms in total. The molecule has 0 aliphatic carbocycles. The topological polar surface area (TPSA) is 59.8 Å². The maximum Gasteiger partial charge on any atom is 0.280 e. The lowest BCUT2D eigenvalue weighted by atomic mass is 10.1. The highest BCUT2D eigenvalue weighted by atomic mass is 16.7. The first-order chi connectivity index (χ1) is 7.56. The predicted molar refractivity (Wildman–Crippen MR) is 57.1 cm³/mol. The number of likely N-dealkylation sites (N-methyl/N-ethyl adjacent to an activating group) is 1. The number of Topliss-reactive ketones (excluding diaryl/α,β-unsaturated/α-hetero) is 1. The summed E-state index contributed by atoms with van der Waals surface area (Å²) in [6.45, 7) is 1.32. The van der Waals surface area contributed by atoms with Gasteiger partial charge in [0, 0.05) is 7.05 Å². The van der Waals surface area contributed by atoms with Gasteiger partial charge >= 0.3 is 0 Å². The molecule has 1 rings (SSSR count). The van der Waals surface area contributed by atoms with E-state index in [9.17, 15) is 9.59 Å². The van der Waals surface area contributed by atoms with Gasteiger partial charge in [-0.2, -0.15) is 0 Å². The van der Waals surface area contributed by atoms with Gasteiger partial charge in [0.15, 0.2) is 5.78 Å². The summed E-state index contributed by atoms with van der Waals surface area (Å²) in [4.78, 5) is 27.8. The molecular formula is C11H13NO4. The van der Waals surface area contributed by atoms with Gasteiger partial charge in [0.05, 0.1) is 18.9 Å². The zero-order chi connectivity index (χ0) is 12.1. The van der Waals surface area contributed by atoms with E-state index in [1.165, 1.54) is 33.4 Å². The summed E-state index contributed by atoms with van der Waals surface area (Å²) in [6, 6.07) is 3.33. The lowest BCUT2D eigenvalue weighted by molar-refractivity contribution is -0.164. The average Bonchev–Trinajstić information content (AvgIpc) is 2.76. The molecule has 0 spiro atoms. The van der Waals surface area contributed by atoms with Gasteiger partial charge in [-0.25, -0.2) is 5.06 Å². The Kier molecular flexibility index (Phi) is 4.02. The van der Waals surface area contributed by atoms with Crippen LogP contribution in [0.3, 0.4) is 0 Å². The molecule has 5 heteroatoms. The van der Waals surface area contributed by atoms with Gasteiger partial charge in [-0.1, -0.05) is 0 Å². The summed E-state index contributed by atoms with van der Waals surface area (Å²) in [5.74, 6) is -0.403. The van der Waals surface area contributed by atoms with E-state index in [0.717, 1.165) is 5.06 Å². The van der Waals surface area contributed by atoms with Crippen molar-refractivity contribution in [2.24, 2.45) is 0 Å². The molecule has 0 bridgehead atoms. The van der Waals surface area contributed by atoms with Crippen molar-refractivity contribution in [3.63, 3.8) is 0 Å². The summed E-state index contributed by atoms with van der Waals surface area (Å²) >= 11 is 0. The minimum absolute atomic E-state index is 0.0132. The first-order valence-corrected chi connectivity index (χ1v) is 4.64. The maximum atomic E-state index is 11.7. The van der Waals surface area contributed by atoms with E-state index in [1.54, 1.807) is 12.1 Å². The number of amides is 1. The fraction of sp³-hybridized carbons (Fsp3) is 0.273. The Hall–Kier alpha value is -1.88. The second-order valence-electron chi connectivity index (χ2n) is 3.11. The molecule has 1 heterocycles. The van der Waals surface area contributed by atoms with E-state index in [-0.39, 0.29) is 11.4 Å². The molecule has 0 atom stereocenters. The first kappa shape index (κ1) is 12.2. The lowest BCUT2D eigenvalue weighted by Crippen LogP contribution is -2.29. The standard InChI is InChI=1S/C11H13NO4/c1-8(13)10(11(14)12(2)15-3)7-9-5-4-6-16-9/h4-7H,1-3H3/b10-7-. The zero-order valence-corrected chi connectivity index (χ0v) is 9.39. The number of hydrogen-bond acceptors (Lipinski definition) is 4. The number of ketones is 1. The van der Waals surface area contributed by atoms with Crippen LogP contribution >= 0.6 is 0 Å². The van der Waals surface area contributed by atoms with Crippen LogP contribution in [-0.4, -0.2) is 30.9 Å². The number of carbonyl (C=O) groups is 2. The van der Waals surface area contributed by atoms with Crippen LogP contribution in [0.2, 0.25) is 0 Å². The fourth-order valence-electron chi connectivity index (χ4n) is 1.08. The van der Waals surface area contributed by atoms with Crippen LogP contribution in [0.5, 0.6) is 0 Å². The molecule has 0 aliphatic heterocycles. The highest BCUT2D eigenvalue weighted by Crippen LogP contribution is 2.10. The summed E-state index contributed by atoms with van der Waals surface area (Å²) < 4.78 is 5.04. The van der Waals surface area contributed by atoms with Crippen molar-refractivity contribution in [1.29, 1.82) is 0 Å².